The molecule has 10 heteroatoms. The topological polar surface area (TPSA) is 125 Å². The SMILES string of the molecule is CC(=O)O[C@@H]1[C@@H](OC(C)=O)[C@@H](OC(C)=O)P(=O)(O)O[C@H]1C. The van der Waals surface area contributed by atoms with E-state index in [0.717, 1.165) is 20.8 Å². The van der Waals surface area contributed by atoms with Crippen LogP contribution in [0.25, 0.3) is 0 Å². The largest absolute Gasteiger partial charge is 0.456 e. The van der Waals surface area contributed by atoms with E-state index in [4.69, 9.17) is 18.7 Å². The maximum Gasteiger partial charge on any atom is 0.372 e. The number of carbonyl (C=O) groups excluding carboxylic acids is 3. The summed E-state index contributed by atoms with van der Waals surface area (Å²) < 4.78 is 31.5. The van der Waals surface area contributed by atoms with Crippen molar-refractivity contribution in [1.29, 1.82) is 0 Å². The van der Waals surface area contributed by atoms with Crippen molar-refractivity contribution in [2.45, 2.75) is 51.9 Å². The van der Waals surface area contributed by atoms with Gasteiger partial charge in [-0.3, -0.25) is 23.5 Å². The standard InChI is InChI=1S/C11H17O9P/c1-5-9(17-6(2)12)10(18-7(3)13)11(19-8(4)14)21(15,16)20-5/h5,9-11H,1-4H3,(H,15,16)/t5-,9-,10+,11-/m0/s1. The van der Waals surface area contributed by atoms with Crippen LogP contribution < -0.4 is 0 Å². The fourth-order valence-corrected chi connectivity index (χ4v) is 3.55. The summed E-state index contributed by atoms with van der Waals surface area (Å²) in [5.41, 5.74) is 0. The molecule has 21 heavy (non-hydrogen) atoms. The molecule has 9 nitrogen and oxygen atoms in total. The van der Waals surface area contributed by atoms with Gasteiger partial charge in [-0.2, -0.15) is 0 Å². The Kier molecular flexibility index (Phi) is 5.49. The van der Waals surface area contributed by atoms with E-state index in [9.17, 15) is 23.8 Å². The summed E-state index contributed by atoms with van der Waals surface area (Å²) in [6.07, 6.45) is -3.64. The van der Waals surface area contributed by atoms with E-state index in [1.54, 1.807) is 0 Å². The lowest BCUT2D eigenvalue weighted by Crippen LogP contribution is -2.54. The Morgan fingerprint density at radius 1 is 0.952 bits per heavy atom. The van der Waals surface area contributed by atoms with Crippen LogP contribution >= 0.6 is 7.60 Å². The van der Waals surface area contributed by atoms with E-state index in [2.05, 4.69) is 0 Å². The molecule has 0 aliphatic carbocycles. The lowest BCUT2D eigenvalue weighted by molar-refractivity contribution is -0.191. The molecular weight excluding hydrogens is 307 g/mol. The fraction of sp³-hybridized carbons (Fsp3) is 0.727. The van der Waals surface area contributed by atoms with Crippen LogP contribution in [0.1, 0.15) is 27.7 Å². The maximum absolute atomic E-state index is 12.1. The highest BCUT2D eigenvalue weighted by atomic mass is 31.2. The summed E-state index contributed by atoms with van der Waals surface area (Å²) in [4.78, 5) is 43.2. The van der Waals surface area contributed by atoms with Crippen molar-refractivity contribution in [3.8, 4) is 0 Å². The number of esters is 3. The van der Waals surface area contributed by atoms with Gasteiger partial charge in [0.2, 0.25) is 5.85 Å². The fourth-order valence-electron chi connectivity index (χ4n) is 1.95. The Morgan fingerprint density at radius 3 is 1.81 bits per heavy atom. The van der Waals surface area contributed by atoms with Gasteiger partial charge in [-0.25, -0.2) is 0 Å². The number of ether oxygens (including phenoxy) is 3. The normalized spacial score (nSPS) is 35.7. The average molecular weight is 324 g/mol. The molecule has 1 rings (SSSR count). The van der Waals surface area contributed by atoms with E-state index < -0.39 is 49.7 Å². The summed E-state index contributed by atoms with van der Waals surface area (Å²) in [6, 6.07) is 0. The first-order chi connectivity index (χ1) is 9.54. The molecule has 1 heterocycles. The molecule has 0 aromatic heterocycles. The quantitative estimate of drug-likeness (QED) is 0.444. The third-order valence-electron chi connectivity index (χ3n) is 2.60. The minimum Gasteiger partial charge on any atom is -0.456 e. The Labute approximate surface area is 121 Å². The molecule has 0 spiro atoms. The van der Waals surface area contributed by atoms with Crippen molar-refractivity contribution in [3.63, 3.8) is 0 Å². The molecule has 0 saturated carbocycles. The van der Waals surface area contributed by atoms with Gasteiger partial charge < -0.3 is 19.1 Å². The van der Waals surface area contributed by atoms with Gasteiger partial charge in [0.25, 0.3) is 0 Å². The monoisotopic (exact) mass is 324 g/mol. The molecule has 1 saturated heterocycles. The van der Waals surface area contributed by atoms with Gasteiger partial charge >= 0.3 is 25.5 Å². The molecule has 0 amide bonds. The van der Waals surface area contributed by atoms with Crippen LogP contribution in [0.4, 0.5) is 0 Å². The first-order valence-electron chi connectivity index (χ1n) is 6.07. The second kappa shape index (κ2) is 6.55. The van der Waals surface area contributed by atoms with Crippen LogP contribution in [0.2, 0.25) is 0 Å². The molecule has 0 bridgehead atoms. The van der Waals surface area contributed by atoms with Crippen LogP contribution in [-0.2, 0) is 37.7 Å². The summed E-state index contributed by atoms with van der Waals surface area (Å²) in [7, 11) is -4.41. The Morgan fingerprint density at radius 2 is 1.38 bits per heavy atom. The second-order valence-electron chi connectivity index (χ2n) is 4.52. The van der Waals surface area contributed by atoms with E-state index in [1.807, 2.05) is 0 Å². The Hall–Kier alpha value is -1.44. The maximum atomic E-state index is 12.1. The summed E-state index contributed by atoms with van der Waals surface area (Å²) in [5.74, 6) is -4.13. The van der Waals surface area contributed by atoms with Crippen molar-refractivity contribution in [1.82, 2.24) is 0 Å². The highest BCUT2D eigenvalue weighted by Crippen LogP contribution is 2.55. The third kappa shape index (κ3) is 4.52. The van der Waals surface area contributed by atoms with Crippen LogP contribution in [-0.4, -0.2) is 47.0 Å². The van der Waals surface area contributed by atoms with E-state index in [-0.39, 0.29) is 0 Å². The highest BCUT2D eigenvalue weighted by Gasteiger charge is 2.56. The molecule has 1 fully saturated rings. The lowest BCUT2D eigenvalue weighted by atomic mass is 10.1. The van der Waals surface area contributed by atoms with Crippen molar-refractivity contribution in [2.24, 2.45) is 0 Å². The molecular formula is C11H17O9P. The minimum atomic E-state index is -4.41. The number of carbonyl (C=O) groups is 3. The molecule has 1 aliphatic heterocycles. The van der Waals surface area contributed by atoms with Crippen molar-refractivity contribution >= 4 is 25.5 Å². The molecule has 1 N–H and O–H groups in total. The molecule has 1 unspecified atom stereocenters. The zero-order valence-electron chi connectivity index (χ0n) is 12.0. The first-order valence-corrected chi connectivity index (χ1v) is 7.71. The molecule has 1 aliphatic rings. The van der Waals surface area contributed by atoms with Crippen LogP contribution in [0.5, 0.6) is 0 Å². The lowest BCUT2D eigenvalue weighted by Gasteiger charge is -2.40. The zero-order chi connectivity index (χ0) is 16.4. The first kappa shape index (κ1) is 17.6. The van der Waals surface area contributed by atoms with E-state index >= 15 is 0 Å². The average Bonchev–Trinajstić information content (AvgIpc) is 2.27. The van der Waals surface area contributed by atoms with Gasteiger partial charge in [0, 0.05) is 20.8 Å². The minimum absolute atomic E-state index is 0.705. The van der Waals surface area contributed by atoms with Gasteiger partial charge in [0.15, 0.2) is 12.2 Å². The van der Waals surface area contributed by atoms with Gasteiger partial charge in [0.05, 0.1) is 0 Å². The smallest absolute Gasteiger partial charge is 0.372 e. The molecule has 5 atom stereocenters. The summed E-state index contributed by atoms with van der Waals surface area (Å²) in [5, 5.41) is 0. The van der Waals surface area contributed by atoms with Crippen LogP contribution in [0.15, 0.2) is 0 Å². The number of hydrogen-bond donors (Lipinski definition) is 1. The Bertz CT molecular complexity index is 488. The third-order valence-corrected chi connectivity index (χ3v) is 4.27. The number of hydrogen-bond acceptors (Lipinski definition) is 8. The predicted molar refractivity (Wildman–Crippen MR) is 67.0 cm³/mol. The molecule has 0 radical (unpaired) electrons. The van der Waals surface area contributed by atoms with E-state index in [1.165, 1.54) is 6.92 Å². The summed E-state index contributed by atoms with van der Waals surface area (Å²) >= 11 is 0. The Balaban J connectivity index is 3.18. The van der Waals surface area contributed by atoms with Crippen LogP contribution in [0.3, 0.4) is 0 Å². The summed E-state index contributed by atoms with van der Waals surface area (Å²) in [6.45, 7) is 4.57. The van der Waals surface area contributed by atoms with Gasteiger partial charge in [-0.05, 0) is 6.92 Å². The van der Waals surface area contributed by atoms with Crippen LogP contribution in [0, 0.1) is 0 Å². The number of rotatable bonds is 3. The van der Waals surface area contributed by atoms with Gasteiger partial charge in [0.1, 0.15) is 6.10 Å². The van der Waals surface area contributed by atoms with Crippen molar-refractivity contribution in [3.05, 3.63) is 0 Å². The van der Waals surface area contributed by atoms with E-state index in [0.29, 0.717) is 0 Å². The molecule has 0 aromatic carbocycles. The highest BCUT2D eigenvalue weighted by molar-refractivity contribution is 7.53. The molecule has 120 valence electrons. The van der Waals surface area contributed by atoms with Crippen molar-refractivity contribution in [2.75, 3.05) is 0 Å². The second-order valence-corrected chi connectivity index (χ2v) is 6.37. The predicted octanol–water partition coefficient (Wildman–Crippen LogP) is 0.343. The zero-order valence-corrected chi connectivity index (χ0v) is 12.9. The molecule has 0 aromatic rings. The van der Waals surface area contributed by atoms with Gasteiger partial charge in [-0.1, -0.05) is 0 Å². The van der Waals surface area contributed by atoms with Crippen molar-refractivity contribution < 1.29 is 42.6 Å². The van der Waals surface area contributed by atoms with Gasteiger partial charge in [-0.15, -0.1) is 0 Å².